The van der Waals surface area contributed by atoms with Crippen molar-refractivity contribution in [3.8, 4) is 11.3 Å². The summed E-state index contributed by atoms with van der Waals surface area (Å²) in [6.45, 7) is 2.97. The summed E-state index contributed by atoms with van der Waals surface area (Å²) in [4.78, 5) is 6.19. The van der Waals surface area contributed by atoms with Crippen molar-refractivity contribution >= 4 is 11.3 Å². The van der Waals surface area contributed by atoms with Crippen molar-refractivity contribution in [1.29, 1.82) is 0 Å². The second-order valence-electron chi connectivity index (χ2n) is 4.34. The molecule has 3 heteroatoms. The third-order valence-corrected chi connectivity index (χ3v) is 4.21. The minimum atomic E-state index is 0.775. The van der Waals surface area contributed by atoms with E-state index < -0.39 is 0 Å². The first-order chi connectivity index (χ1) is 8.85. The predicted molar refractivity (Wildman–Crippen MR) is 78.9 cm³/mol. The third-order valence-electron chi connectivity index (χ3n) is 2.95. The Morgan fingerprint density at radius 2 is 1.94 bits per heavy atom. The molecule has 0 aliphatic heterocycles. The van der Waals surface area contributed by atoms with E-state index in [4.69, 9.17) is 10.7 Å². The van der Waals surface area contributed by atoms with Crippen LogP contribution in [0.4, 0.5) is 0 Å². The summed E-state index contributed by atoms with van der Waals surface area (Å²) < 4.78 is 0. The van der Waals surface area contributed by atoms with Gasteiger partial charge in [0.25, 0.3) is 0 Å². The Bertz CT molecular complexity index is 476. The Labute approximate surface area is 113 Å². The van der Waals surface area contributed by atoms with Gasteiger partial charge in [-0.3, -0.25) is 0 Å². The number of rotatable bonds is 6. The summed E-state index contributed by atoms with van der Waals surface area (Å²) >= 11 is 1.85. The monoisotopic (exact) mass is 260 g/mol. The van der Waals surface area contributed by atoms with Crippen LogP contribution in [0.15, 0.2) is 30.3 Å². The molecule has 1 heterocycles. The lowest BCUT2D eigenvalue weighted by atomic mass is 10.1. The number of hydrogen-bond acceptors (Lipinski definition) is 3. The summed E-state index contributed by atoms with van der Waals surface area (Å²) in [6, 6.07) is 10.5. The first kappa shape index (κ1) is 13.2. The molecule has 2 N–H and O–H groups in total. The molecule has 18 heavy (non-hydrogen) atoms. The molecule has 0 saturated heterocycles. The molecule has 0 saturated carbocycles. The van der Waals surface area contributed by atoms with Gasteiger partial charge in [0, 0.05) is 10.4 Å². The Morgan fingerprint density at radius 3 is 2.61 bits per heavy atom. The average molecular weight is 260 g/mol. The van der Waals surface area contributed by atoms with Gasteiger partial charge < -0.3 is 5.73 Å². The molecule has 0 spiro atoms. The summed E-state index contributed by atoms with van der Waals surface area (Å²) in [7, 11) is 0. The van der Waals surface area contributed by atoms with E-state index in [2.05, 4.69) is 31.2 Å². The van der Waals surface area contributed by atoms with Crippen LogP contribution in [-0.2, 0) is 12.8 Å². The highest BCUT2D eigenvalue weighted by molar-refractivity contribution is 7.12. The first-order valence-corrected chi connectivity index (χ1v) is 7.41. The van der Waals surface area contributed by atoms with Crippen molar-refractivity contribution < 1.29 is 0 Å². The van der Waals surface area contributed by atoms with Crippen LogP contribution in [-0.4, -0.2) is 11.5 Å². The van der Waals surface area contributed by atoms with E-state index >= 15 is 0 Å². The van der Waals surface area contributed by atoms with Crippen LogP contribution in [0, 0.1) is 0 Å². The van der Waals surface area contributed by atoms with Gasteiger partial charge >= 0.3 is 0 Å². The molecule has 2 nitrogen and oxygen atoms in total. The molecule has 0 bridgehead atoms. The SMILES string of the molecule is CCc1sc(CCCCN)nc1-c1ccccc1. The molecule has 0 amide bonds. The number of hydrogen-bond donors (Lipinski definition) is 1. The Morgan fingerprint density at radius 1 is 1.17 bits per heavy atom. The van der Waals surface area contributed by atoms with Crippen LogP contribution in [0.3, 0.4) is 0 Å². The highest BCUT2D eigenvalue weighted by Crippen LogP contribution is 2.29. The molecule has 2 aromatic rings. The zero-order valence-corrected chi connectivity index (χ0v) is 11.7. The van der Waals surface area contributed by atoms with Gasteiger partial charge in [0.05, 0.1) is 10.7 Å². The quantitative estimate of drug-likeness (QED) is 0.805. The van der Waals surface area contributed by atoms with Gasteiger partial charge in [0.15, 0.2) is 0 Å². The summed E-state index contributed by atoms with van der Waals surface area (Å²) in [6.07, 6.45) is 4.34. The smallest absolute Gasteiger partial charge is 0.0935 e. The van der Waals surface area contributed by atoms with Crippen LogP contribution < -0.4 is 5.73 Å². The zero-order valence-electron chi connectivity index (χ0n) is 10.9. The Balaban J connectivity index is 2.19. The largest absolute Gasteiger partial charge is 0.330 e. The van der Waals surface area contributed by atoms with Crippen LogP contribution in [0.1, 0.15) is 29.7 Å². The van der Waals surface area contributed by atoms with Crippen molar-refractivity contribution in [3.63, 3.8) is 0 Å². The van der Waals surface area contributed by atoms with Crippen LogP contribution >= 0.6 is 11.3 Å². The van der Waals surface area contributed by atoms with E-state index in [1.54, 1.807) is 0 Å². The predicted octanol–water partition coefficient (Wildman–Crippen LogP) is 3.65. The molecule has 0 unspecified atom stereocenters. The van der Waals surface area contributed by atoms with E-state index in [0.717, 1.165) is 32.2 Å². The second kappa shape index (κ2) is 6.66. The van der Waals surface area contributed by atoms with Crippen molar-refractivity contribution in [2.45, 2.75) is 32.6 Å². The van der Waals surface area contributed by atoms with Gasteiger partial charge in [0.2, 0.25) is 0 Å². The molecule has 96 valence electrons. The van der Waals surface area contributed by atoms with Gasteiger partial charge in [-0.15, -0.1) is 11.3 Å². The number of unbranched alkanes of at least 4 members (excludes halogenated alkanes) is 1. The molecule has 0 aliphatic rings. The fourth-order valence-corrected chi connectivity index (χ4v) is 3.06. The lowest BCUT2D eigenvalue weighted by Crippen LogP contribution is -1.98. The van der Waals surface area contributed by atoms with Crippen molar-refractivity contribution in [2.24, 2.45) is 5.73 Å². The number of nitrogens with two attached hydrogens (primary N) is 1. The highest BCUT2D eigenvalue weighted by Gasteiger charge is 2.10. The lowest BCUT2D eigenvalue weighted by molar-refractivity contribution is 0.742. The normalized spacial score (nSPS) is 10.8. The number of aromatic nitrogens is 1. The van der Waals surface area contributed by atoms with E-state index in [1.807, 2.05) is 17.4 Å². The van der Waals surface area contributed by atoms with Crippen molar-refractivity contribution in [1.82, 2.24) is 4.98 Å². The minimum absolute atomic E-state index is 0.775. The van der Waals surface area contributed by atoms with Gasteiger partial charge in [-0.1, -0.05) is 37.3 Å². The molecular weight excluding hydrogens is 240 g/mol. The first-order valence-electron chi connectivity index (χ1n) is 6.59. The van der Waals surface area contributed by atoms with E-state index in [-0.39, 0.29) is 0 Å². The lowest BCUT2D eigenvalue weighted by Gasteiger charge is -1.98. The fourth-order valence-electron chi connectivity index (χ4n) is 1.99. The molecule has 2 rings (SSSR count). The molecule has 0 atom stereocenters. The number of aryl methyl sites for hydroxylation is 2. The van der Waals surface area contributed by atoms with Crippen LogP contribution in [0.2, 0.25) is 0 Å². The number of nitrogens with zero attached hydrogens (tertiary/aromatic N) is 1. The van der Waals surface area contributed by atoms with E-state index in [1.165, 1.54) is 21.1 Å². The fraction of sp³-hybridized carbons (Fsp3) is 0.400. The topological polar surface area (TPSA) is 38.9 Å². The molecule has 0 fully saturated rings. The maximum Gasteiger partial charge on any atom is 0.0935 e. The summed E-state index contributed by atoms with van der Waals surface area (Å²) in [5.41, 5.74) is 7.93. The maximum atomic E-state index is 5.53. The molecule has 1 aromatic carbocycles. The molecular formula is C15H20N2S. The van der Waals surface area contributed by atoms with Gasteiger partial charge in [-0.2, -0.15) is 0 Å². The average Bonchev–Trinajstić information content (AvgIpc) is 2.83. The zero-order chi connectivity index (χ0) is 12.8. The van der Waals surface area contributed by atoms with E-state index in [9.17, 15) is 0 Å². The minimum Gasteiger partial charge on any atom is -0.330 e. The Hall–Kier alpha value is -1.19. The summed E-state index contributed by atoms with van der Waals surface area (Å²) in [5.74, 6) is 0. The van der Waals surface area contributed by atoms with Crippen molar-refractivity contribution in [3.05, 3.63) is 40.2 Å². The van der Waals surface area contributed by atoms with Crippen LogP contribution in [0.25, 0.3) is 11.3 Å². The summed E-state index contributed by atoms with van der Waals surface area (Å²) in [5, 5.41) is 1.25. The number of benzene rings is 1. The highest BCUT2D eigenvalue weighted by atomic mass is 32.1. The maximum absolute atomic E-state index is 5.53. The molecule has 1 aromatic heterocycles. The van der Waals surface area contributed by atoms with Gasteiger partial charge in [-0.05, 0) is 32.2 Å². The van der Waals surface area contributed by atoms with Gasteiger partial charge in [-0.25, -0.2) is 4.98 Å². The Kier molecular flexibility index (Phi) is 4.90. The molecule has 0 radical (unpaired) electrons. The van der Waals surface area contributed by atoms with E-state index in [0.29, 0.717) is 0 Å². The van der Waals surface area contributed by atoms with Crippen molar-refractivity contribution in [2.75, 3.05) is 6.54 Å². The second-order valence-corrected chi connectivity index (χ2v) is 5.51. The van der Waals surface area contributed by atoms with Gasteiger partial charge in [0.1, 0.15) is 0 Å². The third kappa shape index (κ3) is 3.18. The number of thiazole rings is 1. The van der Waals surface area contributed by atoms with Crippen LogP contribution in [0.5, 0.6) is 0 Å². The molecule has 0 aliphatic carbocycles. The standard InChI is InChI=1S/C15H20N2S/c1-2-13-15(12-8-4-3-5-9-12)17-14(18-13)10-6-7-11-16/h3-5,8-9H,2,6-7,10-11,16H2,1H3.